The summed E-state index contributed by atoms with van der Waals surface area (Å²) in [4.78, 5) is 12.7. The molecule has 0 bridgehead atoms. The van der Waals surface area contributed by atoms with Gasteiger partial charge in [-0.05, 0) is 44.9 Å². The van der Waals surface area contributed by atoms with E-state index >= 15 is 0 Å². The van der Waals surface area contributed by atoms with Crippen LogP contribution in [0.25, 0.3) is 0 Å². The Balaban J connectivity index is 1.58. The molecular formula is C20H36N2O3S. The summed E-state index contributed by atoms with van der Waals surface area (Å²) < 4.78 is 27.9. The van der Waals surface area contributed by atoms with Crippen LogP contribution in [0, 0.1) is 5.92 Å². The average molecular weight is 385 g/mol. The normalized spacial score (nSPS) is 29.6. The number of carbonyl (C=O) groups is 1. The largest absolute Gasteiger partial charge is 0.353 e. The first kappa shape index (κ1) is 20.1. The first-order valence-electron chi connectivity index (χ1n) is 10.8. The fraction of sp³-hybridized carbons (Fsp3) is 0.950. The van der Waals surface area contributed by atoms with Gasteiger partial charge in [-0.15, -0.1) is 0 Å². The van der Waals surface area contributed by atoms with Crippen molar-refractivity contribution in [2.45, 2.75) is 107 Å². The molecule has 5 nitrogen and oxygen atoms in total. The van der Waals surface area contributed by atoms with Gasteiger partial charge in [0.15, 0.2) is 0 Å². The van der Waals surface area contributed by atoms with Crippen LogP contribution in [-0.2, 0) is 14.8 Å². The molecule has 0 aromatic carbocycles. The molecule has 0 heterocycles. The number of hydrogen-bond acceptors (Lipinski definition) is 3. The Labute approximate surface area is 159 Å². The van der Waals surface area contributed by atoms with E-state index in [9.17, 15) is 13.2 Å². The van der Waals surface area contributed by atoms with Crippen molar-refractivity contribution in [3.05, 3.63) is 0 Å². The highest BCUT2D eigenvalue weighted by Crippen LogP contribution is 2.33. The van der Waals surface area contributed by atoms with Crippen molar-refractivity contribution in [3.8, 4) is 0 Å². The lowest BCUT2D eigenvalue weighted by Gasteiger charge is -2.36. The molecule has 3 aliphatic carbocycles. The van der Waals surface area contributed by atoms with Crippen molar-refractivity contribution < 1.29 is 13.2 Å². The minimum atomic E-state index is -3.31. The molecule has 0 aliphatic heterocycles. The highest BCUT2D eigenvalue weighted by molar-refractivity contribution is 7.89. The molecule has 3 aliphatic rings. The maximum Gasteiger partial charge on any atom is 0.223 e. The highest BCUT2D eigenvalue weighted by atomic mass is 32.2. The van der Waals surface area contributed by atoms with E-state index in [-0.39, 0.29) is 23.1 Å². The predicted molar refractivity (Wildman–Crippen MR) is 104 cm³/mol. The first-order chi connectivity index (χ1) is 12.5. The van der Waals surface area contributed by atoms with Crippen molar-refractivity contribution >= 4 is 15.9 Å². The van der Waals surface area contributed by atoms with Crippen LogP contribution in [-0.4, -0.2) is 43.0 Å². The summed E-state index contributed by atoms with van der Waals surface area (Å²) in [6, 6.07) is 0.461. The lowest BCUT2D eigenvalue weighted by Crippen LogP contribution is -2.47. The maximum atomic E-state index is 13.1. The Kier molecular flexibility index (Phi) is 7.00. The Morgan fingerprint density at radius 3 is 2.12 bits per heavy atom. The first-order valence-corrected chi connectivity index (χ1v) is 12.3. The summed E-state index contributed by atoms with van der Waals surface area (Å²) >= 11 is 0. The third-order valence-corrected chi connectivity index (χ3v) is 9.23. The summed E-state index contributed by atoms with van der Waals surface area (Å²) in [5.41, 5.74) is 0. The second-order valence-electron chi connectivity index (χ2n) is 8.68. The SMILES string of the molecule is CN(C1CCCCC1)S(=O)(=O)C1CCCC(C(=O)NC2CCCCC2)C1. The molecule has 6 heteroatoms. The quantitative estimate of drug-likeness (QED) is 0.788. The molecule has 0 aromatic rings. The van der Waals surface area contributed by atoms with Crippen LogP contribution in [0.1, 0.15) is 89.9 Å². The van der Waals surface area contributed by atoms with Gasteiger partial charge in [-0.25, -0.2) is 12.7 Å². The van der Waals surface area contributed by atoms with E-state index in [2.05, 4.69) is 5.32 Å². The zero-order valence-corrected chi connectivity index (χ0v) is 17.1. The van der Waals surface area contributed by atoms with Gasteiger partial charge < -0.3 is 5.32 Å². The summed E-state index contributed by atoms with van der Waals surface area (Å²) in [6.45, 7) is 0. The number of sulfonamides is 1. The van der Waals surface area contributed by atoms with Gasteiger partial charge in [-0.2, -0.15) is 0 Å². The molecule has 150 valence electrons. The minimum absolute atomic E-state index is 0.0946. The van der Waals surface area contributed by atoms with E-state index in [0.717, 1.165) is 51.4 Å². The van der Waals surface area contributed by atoms with Gasteiger partial charge in [0, 0.05) is 25.0 Å². The van der Waals surface area contributed by atoms with Crippen molar-refractivity contribution in [2.75, 3.05) is 7.05 Å². The average Bonchev–Trinajstić information content (AvgIpc) is 2.69. The summed E-state index contributed by atoms with van der Waals surface area (Å²) in [5, 5.41) is 2.82. The number of rotatable bonds is 5. The monoisotopic (exact) mass is 384 g/mol. The van der Waals surface area contributed by atoms with Gasteiger partial charge in [0.2, 0.25) is 15.9 Å². The molecule has 2 unspecified atom stereocenters. The fourth-order valence-corrected chi connectivity index (χ4v) is 7.14. The standard InChI is InChI=1S/C20H36N2O3S/c1-22(18-12-6-3-7-13-18)26(24,25)19-14-8-9-16(15-19)20(23)21-17-10-4-2-5-11-17/h16-19H,2-15H2,1H3,(H,21,23). The lowest BCUT2D eigenvalue weighted by atomic mass is 9.87. The van der Waals surface area contributed by atoms with Crippen LogP contribution in [0.3, 0.4) is 0 Å². The number of nitrogens with one attached hydrogen (secondary N) is 1. The lowest BCUT2D eigenvalue weighted by molar-refractivity contribution is -0.126. The van der Waals surface area contributed by atoms with Gasteiger partial charge in [0.05, 0.1) is 5.25 Å². The molecule has 1 amide bonds. The molecule has 0 spiro atoms. The number of nitrogens with zero attached hydrogens (tertiary/aromatic N) is 1. The van der Waals surface area contributed by atoms with Gasteiger partial charge in [0.25, 0.3) is 0 Å². The molecule has 0 saturated heterocycles. The molecule has 1 N–H and O–H groups in total. The zero-order chi connectivity index (χ0) is 18.6. The summed E-state index contributed by atoms with van der Waals surface area (Å²) in [6.07, 6.45) is 14.1. The molecular weight excluding hydrogens is 348 g/mol. The molecule has 3 saturated carbocycles. The van der Waals surface area contributed by atoms with E-state index in [1.807, 2.05) is 0 Å². The van der Waals surface area contributed by atoms with Crippen molar-refractivity contribution in [3.63, 3.8) is 0 Å². The number of amides is 1. The second kappa shape index (κ2) is 9.05. The van der Waals surface area contributed by atoms with Crippen LogP contribution in [0.2, 0.25) is 0 Å². The zero-order valence-electron chi connectivity index (χ0n) is 16.3. The van der Waals surface area contributed by atoms with E-state index in [1.54, 1.807) is 11.4 Å². The highest BCUT2D eigenvalue weighted by Gasteiger charge is 2.39. The van der Waals surface area contributed by atoms with Crippen LogP contribution in [0.5, 0.6) is 0 Å². The van der Waals surface area contributed by atoms with Crippen molar-refractivity contribution in [1.82, 2.24) is 9.62 Å². The Hall–Kier alpha value is -0.620. The maximum absolute atomic E-state index is 13.1. The molecule has 26 heavy (non-hydrogen) atoms. The Morgan fingerprint density at radius 1 is 0.846 bits per heavy atom. The van der Waals surface area contributed by atoms with Crippen LogP contribution >= 0.6 is 0 Å². The van der Waals surface area contributed by atoms with Crippen LogP contribution in [0.4, 0.5) is 0 Å². The summed E-state index contributed by atoms with van der Waals surface area (Å²) in [7, 11) is -1.55. The smallest absolute Gasteiger partial charge is 0.223 e. The van der Waals surface area contributed by atoms with Gasteiger partial charge in [-0.3, -0.25) is 4.79 Å². The third kappa shape index (κ3) is 4.80. The van der Waals surface area contributed by atoms with Crippen LogP contribution < -0.4 is 5.32 Å². The third-order valence-electron chi connectivity index (χ3n) is 6.86. The van der Waals surface area contributed by atoms with Gasteiger partial charge in [0.1, 0.15) is 0 Å². The minimum Gasteiger partial charge on any atom is -0.353 e. The van der Waals surface area contributed by atoms with E-state index in [0.29, 0.717) is 18.9 Å². The summed E-state index contributed by atoms with van der Waals surface area (Å²) in [5.74, 6) is -0.0395. The molecule has 0 radical (unpaired) electrons. The van der Waals surface area contributed by atoms with E-state index < -0.39 is 10.0 Å². The molecule has 2 atom stereocenters. The topological polar surface area (TPSA) is 66.5 Å². The fourth-order valence-electron chi connectivity index (χ4n) is 5.11. The molecule has 0 aromatic heterocycles. The van der Waals surface area contributed by atoms with Gasteiger partial charge in [-0.1, -0.05) is 44.9 Å². The van der Waals surface area contributed by atoms with E-state index in [1.165, 1.54) is 25.7 Å². The number of carbonyl (C=O) groups excluding carboxylic acids is 1. The Morgan fingerprint density at radius 2 is 1.46 bits per heavy atom. The van der Waals surface area contributed by atoms with Crippen molar-refractivity contribution in [1.29, 1.82) is 0 Å². The van der Waals surface area contributed by atoms with Gasteiger partial charge >= 0.3 is 0 Å². The van der Waals surface area contributed by atoms with Crippen LogP contribution in [0.15, 0.2) is 0 Å². The Bertz CT molecular complexity index is 566. The number of hydrogen-bond donors (Lipinski definition) is 1. The molecule has 3 fully saturated rings. The van der Waals surface area contributed by atoms with Crippen molar-refractivity contribution in [2.24, 2.45) is 5.92 Å². The predicted octanol–water partition coefficient (Wildman–Crippen LogP) is 3.59. The second-order valence-corrected chi connectivity index (χ2v) is 11.0. The van der Waals surface area contributed by atoms with E-state index in [4.69, 9.17) is 0 Å². The molecule has 3 rings (SSSR count).